The lowest BCUT2D eigenvalue weighted by molar-refractivity contribution is -0.139. The fraction of sp³-hybridized carbons (Fsp3) is 0.154. The van der Waals surface area contributed by atoms with E-state index in [0.717, 1.165) is 5.56 Å². The third-order valence-electron chi connectivity index (χ3n) is 2.60. The largest absolute Gasteiger partial charge is 0.481 e. The first-order valence-electron chi connectivity index (χ1n) is 5.51. The van der Waals surface area contributed by atoms with Crippen molar-refractivity contribution in [2.45, 2.75) is 12.3 Å². The number of benzene rings is 1. The Labute approximate surface area is 120 Å². The number of aliphatic carboxylic acids is 1. The molecule has 1 unspecified atom stereocenters. The zero-order valence-electron chi connectivity index (χ0n) is 9.75. The van der Waals surface area contributed by atoms with Crippen molar-refractivity contribution in [3.8, 4) is 0 Å². The molecule has 19 heavy (non-hydrogen) atoms. The van der Waals surface area contributed by atoms with Crippen molar-refractivity contribution in [2.75, 3.05) is 0 Å². The molecular formula is C13H10Cl2N2O2. The fourth-order valence-corrected chi connectivity index (χ4v) is 1.87. The van der Waals surface area contributed by atoms with Gasteiger partial charge in [-0.2, -0.15) is 0 Å². The maximum atomic E-state index is 11.3. The Morgan fingerprint density at radius 2 is 1.68 bits per heavy atom. The average Bonchev–Trinajstić information content (AvgIpc) is 2.39. The second-order valence-corrected chi connectivity index (χ2v) is 4.85. The van der Waals surface area contributed by atoms with Crippen LogP contribution in [0, 0.1) is 0 Å². The summed E-state index contributed by atoms with van der Waals surface area (Å²) >= 11 is 11.5. The Kier molecular flexibility index (Phi) is 4.35. The summed E-state index contributed by atoms with van der Waals surface area (Å²) in [6, 6.07) is 7.01. The number of carboxylic acid groups (broad SMARTS) is 1. The van der Waals surface area contributed by atoms with Crippen molar-refractivity contribution in [3.05, 3.63) is 58.1 Å². The number of rotatable bonds is 4. The summed E-state index contributed by atoms with van der Waals surface area (Å²) < 4.78 is 0. The van der Waals surface area contributed by atoms with Crippen molar-refractivity contribution in [2.24, 2.45) is 0 Å². The van der Waals surface area contributed by atoms with E-state index in [9.17, 15) is 9.90 Å². The topological polar surface area (TPSA) is 63.1 Å². The van der Waals surface area contributed by atoms with Crippen LogP contribution in [0.3, 0.4) is 0 Å². The third-order valence-corrected chi connectivity index (χ3v) is 3.05. The average molecular weight is 297 g/mol. The molecule has 1 aromatic heterocycles. The SMILES string of the molecule is O=C(O)C(Cc1ccc(Cl)cc1)c1ncc(Cl)cn1. The van der Waals surface area contributed by atoms with E-state index >= 15 is 0 Å². The second-order valence-electron chi connectivity index (χ2n) is 3.98. The highest BCUT2D eigenvalue weighted by Gasteiger charge is 2.23. The molecule has 0 fully saturated rings. The van der Waals surface area contributed by atoms with Gasteiger partial charge in [0.15, 0.2) is 0 Å². The highest BCUT2D eigenvalue weighted by molar-refractivity contribution is 6.30. The predicted molar refractivity (Wildman–Crippen MR) is 72.6 cm³/mol. The molecule has 4 nitrogen and oxygen atoms in total. The first-order valence-corrected chi connectivity index (χ1v) is 6.26. The van der Waals surface area contributed by atoms with Gasteiger partial charge >= 0.3 is 5.97 Å². The Morgan fingerprint density at radius 1 is 1.11 bits per heavy atom. The Morgan fingerprint density at radius 3 is 2.21 bits per heavy atom. The highest BCUT2D eigenvalue weighted by atomic mass is 35.5. The fourth-order valence-electron chi connectivity index (χ4n) is 1.65. The number of aromatic nitrogens is 2. The minimum absolute atomic E-state index is 0.242. The lowest BCUT2D eigenvalue weighted by atomic mass is 9.98. The van der Waals surface area contributed by atoms with Gasteiger partial charge in [-0.05, 0) is 24.1 Å². The van der Waals surface area contributed by atoms with Crippen molar-refractivity contribution < 1.29 is 9.90 Å². The summed E-state index contributed by atoms with van der Waals surface area (Å²) in [5, 5.41) is 10.3. The van der Waals surface area contributed by atoms with Crippen LogP contribution in [-0.4, -0.2) is 21.0 Å². The number of nitrogens with zero attached hydrogens (tertiary/aromatic N) is 2. The smallest absolute Gasteiger partial charge is 0.314 e. The van der Waals surface area contributed by atoms with E-state index in [0.29, 0.717) is 16.5 Å². The van der Waals surface area contributed by atoms with Gasteiger partial charge in [0.25, 0.3) is 0 Å². The van der Waals surface area contributed by atoms with Crippen LogP contribution in [0.2, 0.25) is 10.0 Å². The third kappa shape index (κ3) is 3.66. The summed E-state index contributed by atoms with van der Waals surface area (Å²) in [5.74, 6) is -1.54. The molecule has 0 spiro atoms. The summed E-state index contributed by atoms with van der Waals surface area (Å²) in [5.41, 5.74) is 0.857. The van der Waals surface area contributed by atoms with E-state index in [1.807, 2.05) is 0 Å². The van der Waals surface area contributed by atoms with Crippen molar-refractivity contribution in [1.29, 1.82) is 0 Å². The maximum Gasteiger partial charge on any atom is 0.314 e. The molecule has 98 valence electrons. The normalized spacial score (nSPS) is 12.1. The minimum Gasteiger partial charge on any atom is -0.481 e. The summed E-state index contributed by atoms with van der Waals surface area (Å²) in [7, 11) is 0. The molecule has 0 bridgehead atoms. The van der Waals surface area contributed by atoms with Gasteiger partial charge in [0.1, 0.15) is 11.7 Å². The van der Waals surface area contributed by atoms with E-state index < -0.39 is 11.9 Å². The van der Waals surface area contributed by atoms with Crippen LogP contribution in [0.5, 0.6) is 0 Å². The van der Waals surface area contributed by atoms with E-state index in [-0.39, 0.29) is 5.82 Å². The number of hydrogen-bond acceptors (Lipinski definition) is 3. The number of carbonyl (C=O) groups is 1. The minimum atomic E-state index is -0.975. The zero-order chi connectivity index (χ0) is 13.8. The molecule has 0 saturated carbocycles. The monoisotopic (exact) mass is 296 g/mol. The summed E-state index contributed by atoms with van der Waals surface area (Å²) in [6.45, 7) is 0. The molecule has 6 heteroatoms. The second kappa shape index (κ2) is 5.99. The molecule has 1 N–H and O–H groups in total. The van der Waals surface area contributed by atoms with Crippen molar-refractivity contribution >= 4 is 29.2 Å². The van der Waals surface area contributed by atoms with Crippen LogP contribution in [0.4, 0.5) is 0 Å². The van der Waals surface area contributed by atoms with Gasteiger partial charge in [0.05, 0.1) is 5.02 Å². The molecule has 1 aromatic carbocycles. The lowest BCUT2D eigenvalue weighted by Crippen LogP contribution is -2.17. The van der Waals surface area contributed by atoms with Gasteiger partial charge in [0, 0.05) is 17.4 Å². The van der Waals surface area contributed by atoms with Gasteiger partial charge in [-0.15, -0.1) is 0 Å². The van der Waals surface area contributed by atoms with Crippen LogP contribution in [0.25, 0.3) is 0 Å². The molecule has 2 rings (SSSR count). The molecule has 0 saturated heterocycles. The Hall–Kier alpha value is -1.65. The zero-order valence-corrected chi connectivity index (χ0v) is 11.3. The first-order chi connectivity index (χ1) is 9.06. The van der Waals surface area contributed by atoms with Gasteiger partial charge in [-0.25, -0.2) is 9.97 Å². The molecule has 0 aliphatic carbocycles. The predicted octanol–water partition coefficient (Wildman–Crippen LogP) is 3.19. The van der Waals surface area contributed by atoms with Gasteiger partial charge in [-0.1, -0.05) is 35.3 Å². The summed E-state index contributed by atoms with van der Waals surface area (Å²) in [4.78, 5) is 19.2. The van der Waals surface area contributed by atoms with Crippen LogP contribution in [-0.2, 0) is 11.2 Å². The van der Waals surface area contributed by atoms with Crippen LogP contribution in [0.15, 0.2) is 36.7 Å². The van der Waals surface area contributed by atoms with Gasteiger partial charge < -0.3 is 5.11 Å². The Bertz CT molecular complexity index is 570. The number of halogens is 2. The Balaban J connectivity index is 2.23. The van der Waals surface area contributed by atoms with Crippen LogP contribution < -0.4 is 0 Å². The van der Waals surface area contributed by atoms with Crippen molar-refractivity contribution in [1.82, 2.24) is 9.97 Å². The molecule has 0 aliphatic rings. The summed E-state index contributed by atoms with van der Waals surface area (Å²) in [6.07, 6.45) is 3.08. The van der Waals surface area contributed by atoms with E-state index in [4.69, 9.17) is 23.2 Å². The molecule has 2 aromatic rings. The number of hydrogen-bond donors (Lipinski definition) is 1. The lowest BCUT2D eigenvalue weighted by Gasteiger charge is -2.11. The van der Waals surface area contributed by atoms with E-state index in [2.05, 4.69) is 9.97 Å². The van der Waals surface area contributed by atoms with Gasteiger partial charge in [0.2, 0.25) is 0 Å². The highest BCUT2D eigenvalue weighted by Crippen LogP contribution is 2.20. The molecular weight excluding hydrogens is 287 g/mol. The van der Waals surface area contributed by atoms with Crippen LogP contribution in [0.1, 0.15) is 17.3 Å². The molecule has 0 aliphatic heterocycles. The first kappa shape index (κ1) is 13.8. The maximum absolute atomic E-state index is 11.3. The standard InChI is InChI=1S/C13H10Cl2N2O2/c14-9-3-1-8(2-4-9)5-11(13(18)19)12-16-6-10(15)7-17-12/h1-4,6-7,11H,5H2,(H,18,19). The molecule has 0 amide bonds. The van der Waals surface area contributed by atoms with Crippen molar-refractivity contribution in [3.63, 3.8) is 0 Å². The molecule has 0 radical (unpaired) electrons. The van der Waals surface area contributed by atoms with Gasteiger partial charge in [-0.3, -0.25) is 4.79 Å². The number of carboxylic acids is 1. The molecule has 1 heterocycles. The van der Waals surface area contributed by atoms with E-state index in [1.54, 1.807) is 24.3 Å². The quantitative estimate of drug-likeness (QED) is 0.941. The van der Waals surface area contributed by atoms with E-state index in [1.165, 1.54) is 12.4 Å². The molecule has 1 atom stereocenters. The van der Waals surface area contributed by atoms with Crippen LogP contribution >= 0.6 is 23.2 Å².